The van der Waals surface area contributed by atoms with Gasteiger partial charge in [-0.05, 0) is 12.3 Å². The van der Waals surface area contributed by atoms with Crippen LogP contribution in [0.3, 0.4) is 0 Å². The van der Waals surface area contributed by atoms with Crippen LogP contribution in [0.1, 0.15) is 12.8 Å². The number of carbonyl (C=O) groups is 1. The summed E-state index contributed by atoms with van der Waals surface area (Å²) in [6, 6.07) is 0. The molecule has 4 heteroatoms. The third kappa shape index (κ3) is 3.18. The van der Waals surface area contributed by atoms with Crippen molar-refractivity contribution in [3.05, 3.63) is 24.5 Å². The van der Waals surface area contributed by atoms with Crippen LogP contribution in [0.25, 0.3) is 0 Å². The lowest BCUT2D eigenvalue weighted by Gasteiger charge is -2.27. The minimum atomic E-state index is -0.169. The van der Waals surface area contributed by atoms with Crippen molar-refractivity contribution >= 4 is 5.78 Å². The average Bonchev–Trinajstić information content (AvgIpc) is 2.29. The molecule has 1 aliphatic rings. The van der Waals surface area contributed by atoms with Crippen LogP contribution in [0.15, 0.2) is 24.5 Å². The number of ketones is 1. The molecule has 0 aromatic carbocycles. The summed E-state index contributed by atoms with van der Waals surface area (Å²) in [4.78, 5) is 11.8. The van der Waals surface area contributed by atoms with Gasteiger partial charge >= 0.3 is 0 Å². The number of rotatable bonds is 6. The van der Waals surface area contributed by atoms with E-state index in [9.17, 15) is 9.90 Å². The van der Waals surface area contributed by atoms with E-state index in [4.69, 9.17) is 9.47 Å². The van der Waals surface area contributed by atoms with Gasteiger partial charge in [0.25, 0.3) is 0 Å². The maximum Gasteiger partial charge on any atom is 0.188 e. The topological polar surface area (TPSA) is 55.8 Å². The zero-order valence-electron chi connectivity index (χ0n) is 9.52. The Bertz CT molecular complexity index is 283. The van der Waals surface area contributed by atoms with E-state index in [2.05, 4.69) is 6.58 Å². The maximum absolute atomic E-state index is 11.8. The summed E-state index contributed by atoms with van der Waals surface area (Å²) in [7, 11) is 1.52. The second-order valence-electron chi connectivity index (χ2n) is 3.84. The molecule has 0 saturated carbocycles. The van der Waals surface area contributed by atoms with Gasteiger partial charge in [0.05, 0.1) is 0 Å². The molecule has 0 aromatic rings. The second kappa shape index (κ2) is 6.45. The Morgan fingerprint density at radius 1 is 1.69 bits per heavy atom. The van der Waals surface area contributed by atoms with Gasteiger partial charge in [-0.2, -0.15) is 0 Å². The normalized spacial score (nSPS) is 25.1. The summed E-state index contributed by atoms with van der Waals surface area (Å²) in [5, 5.41) is 9.25. The Kier molecular flexibility index (Phi) is 5.22. The Balaban J connectivity index is 2.69. The lowest BCUT2D eigenvalue weighted by molar-refractivity contribution is -0.122. The van der Waals surface area contributed by atoms with E-state index in [1.54, 1.807) is 6.08 Å². The molecule has 1 N–H and O–H groups in total. The number of ether oxygens (including phenoxy) is 2. The van der Waals surface area contributed by atoms with Gasteiger partial charge in [0, 0.05) is 32.1 Å². The largest absolute Gasteiger partial charge is 0.472 e. The number of aliphatic hydroxyl groups is 1. The van der Waals surface area contributed by atoms with Crippen LogP contribution in [0.5, 0.6) is 0 Å². The van der Waals surface area contributed by atoms with Crippen molar-refractivity contribution in [2.75, 3.05) is 20.5 Å². The molecule has 0 bridgehead atoms. The summed E-state index contributed by atoms with van der Waals surface area (Å²) >= 11 is 0. The fourth-order valence-corrected chi connectivity index (χ4v) is 1.87. The van der Waals surface area contributed by atoms with E-state index in [-0.39, 0.29) is 31.0 Å². The highest BCUT2D eigenvalue weighted by Gasteiger charge is 2.31. The SMILES string of the molecule is C=CCC1C(=O)C=C(OCOC)CC1CO. The predicted octanol–water partition coefficient (Wildman–Crippen LogP) is 1.26. The van der Waals surface area contributed by atoms with Crippen molar-refractivity contribution in [3.8, 4) is 0 Å². The lowest BCUT2D eigenvalue weighted by Crippen LogP contribution is -2.30. The Labute approximate surface area is 95.6 Å². The Morgan fingerprint density at radius 3 is 3.00 bits per heavy atom. The number of hydrogen-bond acceptors (Lipinski definition) is 4. The monoisotopic (exact) mass is 226 g/mol. The predicted molar refractivity (Wildman–Crippen MR) is 59.5 cm³/mol. The fourth-order valence-electron chi connectivity index (χ4n) is 1.87. The molecular weight excluding hydrogens is 208 g/mol. The molecular formula is C12H18O4. The van der Waals surface area contributed by atoms with Crippen LogP contribution in [-0.2, 0) is 14.3 Å². The number of allylic oxidation sites excluding steroid dienone is 3. The minimum absolute atomic E-state index is 0.00342. The first-order valence-electron chi connectivity index (χ1n) is 5.30. The smallest absolute Gasteiger partial charge is 0.188 e. The van der Waals surface area contributed by atoms with Gasteiger partial charge in [-0.1, -0.05) is 6.08 Å². The van der Waals surface area contributed by atoms with E-state index in [0.29, 0.717) is 18.6 Å². The molecule has 0 radical (unpaired) electrons. The first-order chi connectivity index (χ1) is 7.72. The summed E-state index contributed by atoms with van der Waals surface area (Å²) in [5.74, 6) is 0.335. The van der Waals surface area contributed by atoms with Gasteiger partial charge < -0.3 is 14.6 Å². The van der Waals surface area contributed by atoms with Crippen LogP contribution in [-0.4, -0.2) is 31.4 Å². The molecule has 2 unspecified atom stereocenters. The zero-order chi connectivity index (χ0) is 12.0. The Hall–Kier alpha value is -1.13. The number of carbonyl (C=O) groups excluding carboxylic acids is 1. The molecule has 90 valence electrons. The van der Waals surface area contributed by atoms with Gasteiger partial charge in [-0.15, -0.1) is 6.58 Å². The molecule has 4 nitrogen and oxygen atoms in total. The molecule has 0 heterocycles. The van der Waals surface area contributed by atoms with E-state index >= 15 is 0 Å². The summed E-state index contributed by atoms with van der Waals surface area (Å²) in [6.45, 7) is 3.73. The molecule has 0 aromatic heterocycles. The van der Waals surface area contributed by atoms with Crippen LogP contribution in [0.4, 0.5) is 0 Å². The third-order valence-electron chi connectivity index (χ3n) is 2.72. The molecule has 0 saturated heterocycles. The fraction of sp³-hybridized carbons (Fsp3) is 0.583. The second-order valence-corrected chi connectivity index (χ2v) is 3.84. The van der Waals surface area contributed by atoms with E-state index in [1.165, 1.54) is 13.2 Å². The lowest BCUT2D eigenvalue weighted by atomic mass is 9.80. The van der Waals surface area contributed by atoms with Gasteiger partial charge in [-0.3, -0.25) is 4.79 Å². The molecule has 0 aliphatic heterocycles. The number of aliphatic hydroxyl groups excluding tert-OH is 1. The summed E-state index contributed by atoms with van der Waals surface area (Å²) in [5.41, 5.74) is 0. The summed E-state index contributed by atoms with van der Waals surface area (Å²) in [6.07, 6.45) is 4.38. The van der Waals surface area contributed by atoms with Crippen molar-refractivity contribution in [2.24, 2.45) is 11.8 Å². The van der Waals surface area contributed by atoms with Crippen molar-refractivity contribution in [1.29, 1.82) is 0 Å². The van der Waals surface area contributed by atoms with Crippen LogP contribution < -0.4 is 0 Å². The molecule has 1 aliphatic carbocycles. The van der Waals surface area contributed by atoms with Crippen molar-refractivity contribution < 1.29 is 19.4 Å². The van der Waals surface area contributed by atoms with Gasteiger partial charge in [0.2, 0.25) is 0 Å². The maximum atomic E-state index is 11.8. The van der Waals surface area contributed by atoms with Crippen molar-refractivity contribution in [3.63, 3.8) is 0 Å². The summed E-state index contributed by atoms with van der Waals surface area (Å²) < 4.78 is 10.0. The first-order valence-corrected chi connectivity index (χ1v) is 5.30. The average molecular weight is 226 g/mol. The van der Waals surface area contributed by atoms with Crippen LogP contribution in [0.2, 0.25) is 0 Å². The van der Waals surface area contributed by atoms with Crippen molar-refractivity contribution in [1.82, 2.24) is 0 Å². The minimum Gasteiger partial charge on any atom is -0.472 e. The highest BCUT2D eigenvalue weighted by molar-refractivity contribution is 5.93. The third-order valence-corrected chi connectivity index (χ3v) is 2.72. The van der Waals surface area contributed by atoms with E-state index in [1.807, 2.05) is 0 Å². The number of hydrogen-bond donors (Lipinski definition) is 1. The van der Waals surface area contributed by atoms with E-state index in [0.717, 1.165) is 0 Å². The standard InChI is InChI=1S/C12H18O4/c1-3-4-11-9(7-13)5-10(6-12(11)14)16-8-15-2/h3,6,9,11,13H,1,4-5,7-8H2,2H3. The molecule has 0 amide bonds. The molecule has 1 rings (SSSR count). The molecule has 16 heavy (non-hydrogen) atoms. The number of methoxy groups -OCH3 is 1. The zero-order valence-corrected chi connectivity index (χ0v) is 9.52. The van der Waals surface area contributed by atoms with E-state index < -0.39 is 0 Å². The van der Waals surface area contributed by atoms with Crippen molar-refractivity contribution in [2.45, 2.75) is 12.8 Å². The Morgan fingerprint density at radius 2 is 2.44 bits per heavy atom. The molecule has 0 fully saturated rings. The quantitative estimate of drug-likeness (QED) is 0.547. The molecule has 2 atom stereocenters. The van der Waals surface area contributed by atoms with Gasteiger partial charge in [0.1, 0.15) is 5.76 Å². The first kappa shape index (κ1) is 12.9. The van der Waals surface area contributed by atoms with Gasteiger partial charge in [-0.25, -0.2) is 0 Å². The highest BCUT2D eigenvalue weighted by atomic mass is 16.7. The van der Waals surface area contributed by atoms with Gasteiger partial charge in [0.15, 0.2) is 12.6 Å². The van der Waals surface area contributed by atoms with Crippen LogP contribution in [0, 0.1) is 11.8 Å². The highest BCUT2D eigenvalue weighted by Crippen LogP contribution is 2.30. The van der Waals surface area contributed by atoms with Crippen LogP contribution >= 0.6 is 0 Å². The molecule has 0 spiro atoms.